The maximum absolute atomic E-state index is 13.6. The quantitative estimate of drug-likeness (QED) is 0.717. The summed E-state index contributed by atoms with van der Waals surface area (Å²) in [7, 11) is 1.50. The zero-order chi connectivity index (χ0) is 17.1. The van der Waals surface area contributed by atoms with Gasteiger partial charge in [0.2, 0.25) is 0 Å². The van der Waals surface area contributed by atoms with Crippen molar-refractivity contribution in [1.29, 1.82) is 0 Å². The lowest BCUT2D eigenvalue weighted by Gasteiger charge is -2.21. The van der Waals surface area contributed by atoms with E-state index in [4.69, 9.17) is 4.74 Å². The molecule has 0 bridgehead atoms. The van der Waals surface area contributed by atoms with Crippen molar-refractivity contribution >= 4 is 15.9 Å². The third-order valence-corrected chi connectivity index (χ3v) is 5.46. The topological polar surface area (TPSA) is 21.3 Å². The van der Waals surface area contributed by atoms with Crippen molar-refractivity contribution in [3.63, 3.8) is 0 Å². The Hall–Kier alpha value is -1.39. The minimum atomic E-state index is -0.315. The molecule has 0 aliphatic heterocycles. The molecule has 2 aromatic rings. The number of halogens is 2. The third kappa shape index (κ3) is 3.98. The van der Waals surface area contributed by atoms with Gasteiger partial charge in [-0.05, 0) is 67.5 Å². The van der Waals surface area contributed by atoms with Crippen LogP contribution in [0, 0.1) is 5.82 Å². The molecule has 3 rings (SSSR count). The van der Waals surface area contributed by atoms with E-state index in [1.165, 1.54) is 31.6 Å². The first kappa shape index (κ1) is 17.4. The van der Waals surface area contributed by atoms with Crippen LogP contribution in [0.2, 0.25) is 0 Å². The predicted octanol–water partition coefficient (Wildman–Crippen LogP) is 5.58. The van der Waals surface area contributed by atoms with Crippen LogP contribution in [0.5, 0.6) is 5.75 Å². The molecule has 0 heterocycles. The van der Waals surface area contributed by atoms with Gasteiger partial charge in [0.05, 0.1) is 7.11 Å². The van der Waals surface area contributed by atoms with Gasteiger partial charge in [0, 0.05) is 16.6 Å². The van der Waals surface area contributed by atoms with E-state index in [-0.39, 0.29) is 11.9 Å². The van der Waals surface area contributed by atoms with Gasteiger partial charge in [-0.25, -0.2) is 4.39 Å². The molecule has 4 heteroatoms. The van der Waals surface area contributed by atoms with Crippen LogP contribution < -0.4 is 10.1 Å². The van der Waals surface area contributed by atoms with Gasteiger partial charge in [0.1, 0.15) is 0 Å². The highest BCUT2D eigenvalue weighted by Crippen LogP contribution is 2.36. The van der Waals surface area contributed by atoms with Crippen molar-refractivity contribution in [2.45, 2.75) is 44.2 Å². The van der Waals surface area contributed by atoms with E-state index >= 15 is 0 Å². The monoisotopic (exact) mass is 391 g/mol. The van der Waals surface area contributed by atoms with E-state index in [9.17, 15) is 4.39 Å². The van der Waals surface area contributed by atoms with Gasteiger partial charge >= 0.3 is 0 Å². The summed E-state index contributed by atoms with van der Waals surface area (Å²) in [5.41, 5.74) is 2.47. The van der Waals surface area contributed by atoms with E-state index in [1.54, 1.807) is 6.07 Å². The van der Waals surface area contributed by atoms with E-state index in [0.29, 0.717) is 17.7 Å². The summed E-state index contributed by atoms with van der Waals surface area (Å²) >= 11 is 3.49. The Kier molecular flexibility index (Phi) is 5.57. The summed E-state index contributed by atoms with van der Waals surface area (Å²) in [5, 5.41) is 3.69. The highest BCUT2D eigenvalue weighted by Gasteiger charge is 2.27. The minimum absolute atomic E-state index is 0.174. The Morgan fingerprint density at radius 1 is 1.17 bits per heavy atom. The van der Waals surface area contributed by atoms with E-state index < -0.39 is 0 Å². The molecule has 1 saturated carbocycles. The highest BCUT2D eigenvalue weighted by molar-refractivity contribution is 9.10. The first-order valence-electron chi connectivity index (χ1n) is 8.41. The van der Waals surface area contributed by atoms with Crippen LogP contribution in [-0.4, -0.2) is 13.2 Å². The van der Waals surface area contributed by atoms with Crippen molar-refractivity contribution < 1.29 is 9.13 Å². The molecule has 2 aromatic carbocycles. The molecule has 2 nitrogen and oxygen atoms in total. The predicted molar refractivity (Wildman–Crippen MR) is 99.0 cm³/mol. The Balaban J connectivity index is 1.61. The molecular weight excluding hydrogens is 369 g/mol. The van der Waals surface area contributed by atoms with Crippen LogP contribution in [0.4, 0.5) is 4.39 Å². The van der Waals surface area contributed by atoms with Gasteiger partial charge in [0.15, 0.2) is 11.6 Å². The van der Waals surface area contributed by atoms with Crippen molar-refractivity contribution in [2.75, 3.05) is 7.11 Å². The lowest BCUT2D eigenvalue weighted by atomic mass is 9.97. The summed E-state index contributed by atoms with van der Waals surface area (Å²) in [4.78, 5) is 0. The lowest BCUT2D eigenvalue weighted by Crippen LogP contribution is -2.29. The van der Waals surface area contributed by atoms with Gasteiger partial charge in [0.25, 0.3) is 0 Å². The zero-order valence-corrected chi connectivity index (χ0v) is 15.6. The van der Waals surface area contributed by atoms with E-state index in [1.807, 2.05) is 6.07 Å². The summed E-state index contributed by atoms with van der Waals surface area (Å²) in [5.74, 6) is 0.607. The first-order valence-corrected chi connectivity index (χ1v) is 9.21. The van der Waals surface area contributed by atoms with Crippen LogP contribution in [0.3, 0.4) is 0 Å². The fourth-order valence-corrected chi connectivity index (χ4v) is 3.83. The highest BCUT2D eigenvalue weighted by atomic mass is 79.9. The standard InChI is InChI=1S/C20H23BrFNO/c1-13(15-6-10-19(22)20(12-15)24-2)23-18-9-5-16(11-18)14-3-7-17(21)8-4-14/h3-4,6-8,10,12-13,16,18,23H,5,9,11H2,1-2H3. The molecule has 3 atom stereocenters. The second-order valence-electron chi connectivity index (χ2n) is 6.54. The number of ether oxygens (including phenoxy) is 1. The molecule has 0 amide bonds. The SMILES string of the molecule is COc1cc(C(C)NC2CCC(c3ccc(Br)cc3)C2)ccc1F. The van der Waals surface area contributed by atoms with E-state index in [0.717, 1.165) is 16.5 Å². The molecule has 1 aliphatic carbocycles. The van der Waals surface area contributed by atoms with Crippen molar-refractivity contribution in [2.24, 2.45) is 0 Å². The lowest BCUT2D eigenvalue weighted by molar-refractivity contribution is 0.384. The fraction of sp³-hybridized carbons (Fsp3) is 0.400. The minimum Gasteiger partial charge on any atom is -0.494 e. The number of hydrogen-bond acceptors (Lipinski definition) is 2. The summed E-state index contributed by atoms with van der Waals surface area (Å²) < 4.78 is 19.8. The number of benzene rings is 2. The van der Waals surface area contributed by atoms with Crippen molar-refractivity contribution in [1.82, 2.24) is 5.32 Å². The normalized spacial score (nSPS) is 21.7. The molecule has 0 spiro atoms. The third-order valence-electron chi connectivity index (χ3n) is 4.93. The number of rotatable bonds is 5. The fourth-order valence-electron chi connectivity index (χ4n) is 3.57. The number of nitrogens with one attached hydrogen (secondary N) is 1. The average molecular weight is 392 g/mol. The van der Waals surface area contributed by atoms with Gasteiger partial charge in [-0.2, -0.15) is 0 Å². The van der Waals surface area contributed by atoms with Crippen LogP contribution in [0.1, 0.15) is 49.3 Å². The molecule has 0 radical (unpaired) electrons. The average Bonchev–Trinajstić information content (AvgIpc) is 3.04. The molecule has 1 fully saturated rings. The van der Waals surface area contributed by atoms with Gasteiger partial charge in [-0.1, -0.05) is 34.1 Å². The molecule has 0 aromatic heterocycles. The van der Waals surface area contributed by atoms with E-state index in [2.05, 4.69) is 52.4 Å². The number of methoxy groups -OCH3 is 1. The Morgan fingerprint density at radius 2 is 1.92 bits per heavy atom. The second-order valence-corrected chi connectivity index (χ2v) is 7.46. The molecule has 1 N–H and O–H groups in total. The molecular formula is C20H23BrFNO. The molecule has 0 saturated heterocycles. The Morgan fingerprint density at radius 3 is 2.62 bits per heavy atom. The largest absolute Gasteiger partial charge is 0.494 e. The maximum Gasteiger partial charge on any atom is 0.165 e. The molecule has 24 heavy (non-hydrogen) atoms. The zero-order valence-electron chi connectivity index (χ0n) is 14.1. The van der Waals surface area contributed by atoms with Gasteiger partial charge < -0.3 is 10.1 Å². The maximum atomic E-state index is 13.6. The second kappa shape index (κ2) is 7.66. The summed E-state index contributed by atoms with van der Waals surface area (Å²) in [6.07, 6.45) is 3.52. The Bertz CT molecular complexity index is 689. The molecule has 1 aliphatic rings. The molecule has 128 valence electrons. The van der Waals surface area contributed by atoms with Crippen molar-refractivity contribution in [3.05, 3.63) is 63.9 Å². The van der Waals surface area contributed by atoms with Gasteiger partial charge in [-0.15, -0.1) is 0 Å². The first-order chi connectivity index (χ1) is 11.6. The van der Waals surface area contributed by atoms with Crippen LogP contribution in [0.25, 0.3) is 0 Å². The van der Waals surface area contributed by atoms with Crippen LogP contribution in [-0.2, 0) is 0 Å². The van der Waals surface area contributed by atoms with Gasteiger partial charge in [-0.3, -0.25) is 0 Å². The Labute approximate surface area is 151 Å². The van der Waals surface area contributed by atoms with Crippen LogP contribution in [0.15, 0.2) is 46.9 Å². The summed E-state index contributed by atoms with van der Waals surface area (Å²) in [6, 6.07) is 14.4. The smallest absolute Gasteiger partial charge is 0.165 e. The van der Waals surface area contributed by atoms with Crippen LogP contribution >= 0.6 is 15.9 Å². The van der Waals surface area contributed by atoms with Crippen molar-refractivity contribution in [3.8, 4) is 5.75 Å². The number of hydrogen-bond donors (Lipinski definition) is 1. The summed E-state index contributed by atoms with van der Waals surface area (Å²) in [6.45, 7) is 2.12. The molecule has 3 unspecified atom stereocenters.